The third-order valence-electron chi connectivity index (χ3n) is 20.0. The quantitative estimate of drug-likeness (QED) is 0.0686. The number of hydrogen-bond acceptors (Lipinski definition) is 21. The fourth-order valence-electron chi connectivity index (χ4n) is 14.9. The molecular formula is C58H92O21. The van der Waals surface area contributed by atoms with Crippen molar-refractivity contribution in [2.45, 2.75) is 262 Å². The average Bonchev–Trinajstić information content (AvgIpc) is 3.60. The number of carbonyl (C=O) groups excluding carboxylic acids is 2. The van der Waals surface area contributed by atoms with Gasteiger partial charge in [0.2, 0.25) is 0 Å². The molecule has 0 spiro atoms. The molecule has 4 aliphatic heterocycles. The summed E-state index contributed by atoms with van der Waals surface area (Å²) in [7, 11) is 4.56. The number of methoxy groups -OCH3 is 3. The summed E-state index contributed by atoms with van der Waals surface area (Å²) in [5.74, 6) is -1.11. The monoisotopic (exact) mass is 1120 g/mol. The summed E-state index contributed by atoms with van der Waals surface area (Å²) in [6.45, 7) is 18.1. The minimum Gasteiger partial charge on any atom is -0.459 e. The fourth-order valence-corrected chi connectivity index (χ4v) is 14.9. The van der Waals surface area contributed by atoms with Crippen LogP contribution in [0.2, 0.25) is 0 Å². The van der Waals surface area contributed by atoms with E-state index < -0.39 is 146 Å². The van der Waals surface area contributed by atoms with E-state index in [9.17, 15) is 40.2 Å². The molecule has 27 atom stereocenters. The van der Waals surface area contributed by atoms with E-state index in [2.05, 4.69) is 19.9 Å². The molecule has 8 rings (SSSR count). The van der Waals surface area contributed by atoms with Gasteiger partial charge in [-0.05, 0) is 118 Å². The number of hydrogen-bond donors (Lipinski definition) is 6. The van der Waals surface area contributed by atoms with Gasteiger partial charge >= 0.3 is 11.9 Å². The highest BCUT2D eigenvalue weighted by Crippen LogP contribution is 2.69. The molecule has 0 bridgehead atoms. The Bertz CT molecular complexity index is 2190. The van der Waals surface area contributed by atoms with Gasteiger partial charge < -0.3 is 92.2 Å². The van der Waals surface area contributed by atoms with Gasteiger partial charge in [-0.2, -0.15) is 0 Å². The first kappa shape index (κ1) is 62.5. The van der Waals surface area contributed by atoms with Gasteiger partial charge in [0, 0.05) is 56.7 Å². The van der Waals surface area contributed by atoms with Crippen molar-refractivity contribution in [2.24, 2.45) is 28.6 Å². The van der Waals surface area contributed by atoms with E-state index >= 15 is 0 Å². The van der Waals surface area contributed by atoms with Crippen LogP contribution in [0.25, 0.3) is 0 Å². The van der Waals surface area contributed by atoms with Crippen LogP contribution in [0, 0.1) is 28.6 Å². The van der Waals surface area contributed by atoms with Crippen molar-refractivity contribution in [1.29, 1.82) is 0 Å². The van der Waals surface area contributed by atoms with E-state index in [1.807, 2.05) is 27.7 Å². The first-order valence-corrected chi connectivity index (χ1v) is 28.7. The molecule has 0 aromatic carbocycles. The summed E-state index contributed by atoms with van der Waals surface area (Å²) in [5.41, 5.74) is -0.0544. The summed E-state index contributed by atoms with van der Waals surface area (Å²) in [4.78, 5) is 26.7. The van der Waals surface area contributed by atoms with Crippen molar-refractivity contribution in [3.63, 3.8) is 0 Å². The van der Waals surface area contributed by atoms with Crippen LogP contribution in [0.1, 0.15) is 127 Å². The number of carbonyl (C=O) groups is 2. The number of rotatable bonds is 17. The second-order valence-electron chi connectivity index (χ2n) is 24.1. The largest absolute Gasteiger partial charge is 0.459 e. The maximum Gasteiger partial charge on any atom is 0.333 e. The van der Waals surface area contributed by atoms with Gasteiger partial charge in [-0.3, -0.25) is 0 Å². The number of allylic oxidation sites excluding steroid dienone is 3. The number of aliphatic hydroxyl groups excluding tert-OH is 5. The Hall–Kier alpha value is -2.52. The van der Waals surface area contributed by atoms with Crippen molar-refractivity contribution in [2.75, 3.05) is 27.9 Å². The maximum absolute atomic E-state index is 13.7. The summed E-state index contributed by atoms with van der Waals surface area (Å²) < 4.78 is 80.8. The van der Waals surface area contributed by atoms with Gasteiger partial charge in [0.1, 0.15) is 67.1 Å². The first-order valence-electron chi connectivity index (χ1n) is 28.7. The molecule has 4 aliphatic carbocycles. The highest BCUT2D eigenvalue weighted by molar-refractivity contribution is 5.88. The van der Waals surface area contributed by atoms with Crippen LogP contribution < -0.4 is 0 Å². The molecule has 27 unspecified atom stereocenters. The standard InChI is InChI=1S/C58H92O21/c1-14-27(3)52(64)72-29(5)35-19-21-58(66)36-17-16-33-22-34(18-20-56(33,9)37(36)23-41(57(35,58)10)76-53(65)28(4)15-2)74-42-24-38(67-11)48(30(6)70-42)77-43-25-39(68-12)49(31(7)71-43)78-55-47(63)51(69-13)50(32(8)73-55)79-54-46(62)45(61)44(60)40(26-59)75-54/h14-16,29-32,34-51,54-55,59-63,66H,17-26H2,1-13H3. The lowest BCUT2D eigenvalue weighted by Gasteiger charge is -2.63. The average molecular weight is 1130 g/mol. The minimum atomic E-state index is -1.67. The molecule has 6 N–H and O–H groups in total. The zero-order valence-corrected chi connectivity index (χ0v) is 48.5. The molecule has 21 heteroatoms. The summed E-state index contributed by atoms with van der Waals surface area (Å²) in [6.07, 6.45) is -8.06. The van der Waals surface area contributed by atoms with Crippen LogP contribution in [0.15, 0.2) is 34.9 Å². The molecule has 450 valence electrons. The highest BCUT2D eigenvalue weighted by atomic mass is 16.8. The van der Waals surface area contributed by atoms with Gasteiger partial charge in [-0.15, -0.1) is 0 Å². The van der Waals surface area contributed by atoms with Crippen molar-refractivity contribution in [3.8, 4) is 0 Å². The zero-order chi connectivity index (χ0) is 57.6. The zero-order valence-electron chi connectivity index (χ0n) is 48.5. The van der Waals surface area contributed by atoms with E-state index in [1.165, 1.54) is 12.7 Å². The third-order valence-corrected chi connectivity index (χ3v) is 20.0. The molecule has 4 saturated heterocycles. The normalized spacial score (nSPS) is 48.0. The molecule has 0 amide bonds. The van der Waals surface area contributed by atoms with E-state index in [-0.39, 0.29) is 41.7 Å². The van der Waals surface area contributed by atoms with Crippen LogP contribution in [0.5, 0.6) is 0 Å². The molecule has 8 aliphatic rings. The molecule has 3 saturated carbocycles. The van der Waals surface area contributed by atoms with Crippen molar-refractivity contribution >= 4 is 11.9 Å². The lowest BCUT2D eigenvalue weighted by Crippen LogP contribution is -2.67. The van der Waals surface area contributed by atoms with E-state index in [1.54, 1.807) is 54.1 Å². The third kappa shape index (κ3) is 11.8. The van der Waals surface area contributed by atoms with Gasteiger partial charge in [0.15, 0.2) is 25.2 Å². The van der Waals surface area contributed by atoms with Crippen LogP contribution in [0.3, 0.4) is 0 Å². The van der Waals surface area contributed by atoms with Gasteiger partial charge in [0.25, 0.3) is 0 Å². The Labute approximate surface area is 465 Å². The molecule has 0 aromatic heterocycles. The second kappa shape index (κ2) is 25.4. The molecule has 0 radical (unpaired) electrons. The number of aliphatic hydroxyl groups is 6. The minimum absolute atomic E-state index is 0.0192. The predicted octanol–water partition coefficient (Wildman–Crippen LogP) is 3.83. The Morgan fingerprint density at radius 1 is 0.696 bits per heavy atom. The molecule has 4 heterocycles. The second-order valence-corrected chi connectivity index (χ2v) is 24.1. The number of esters is 2. The Morgan fingerprint density at radius 2 is 1.28 bits per heavy atom. The fraction of sp³-hybridized carbons (Fsp3) is 0.862. The maximum atomic E-state index is 13.7. The van der Waals surface area contributed by atoms with E-state index in [0.717, 1.165) is 12.8 Å². The highest BCUT2D eigenvalue weighted by Gasteiger charge is 2.72. The van der Waals surface area contributed by atoms with Crippen molar-refractivity contribution < 1.29 is 102 Å². The Morgan fingerprint density at radius 3 is 1.89 bits per heavy atom. The number of fused-ring (bicyclic) bond motifs is 5. The van der Waals surface area contributed by atoms with Crippen molar-refractivity contribution in [3.05, 3.63) is 34.9 Å². The van der Waals surface area contributed by atoms with E-state index in [4.69, 9.17) is 61.6 Å². The summed E-state index contributed by atoms with van der Waals surface area (Å²) in [5, 5.41) is 65.7. The SMILES string of the molecule is CC=C(C)C(=O)OC(C)C1CCC2(O)C3CC=C4CC(OC5CC(OC)C(OC6CC(OC)C(OC7OC(C)C(OC8OC(CO)C(O)C(O)C8O)C(OC)C7O)C(C)O6)C(C)O5)CCC4(C)C3CC(OC(=O)C(C)=CC)C12C. The molecule has 7 fully saturated rings. The van der Waals surface area contributed by atoms with Crippen LogP contribution in [0.4, 0.5) is 0 Å². The first-order chi connectivity index (χ1) is 37.4. The number of ether oxygens (including phenoxy) is 13. The Kier molecular flexibility index (Phi) is 20.1. The predicted molar refractivity (Wildman–Crippen MR) is 280 cm³/mol. The van der Waals surface area contributed by atoms with Gasteiger partial charge in [-0.1, -0.05) is 37.6 Å². The molecule has 0 aromatic rings. The Balaban J connectivity index is 0.878. The summed E-state index contributed by atoms with van der Waals surface area (Å²) in [6, 6.07) is 0. The van der Waals surface area contributed by atoms with Crippen LogP contribution in [-0.2, 0) is 71.2 Å². The van der Waals surface area contributed by atoms with Crippen LogP contribution in [-0.4, -0.2) is 205 Å². The smallest absolute Gasteiger partial charge is 0.333 e. The van der Waals surface area contributed by atoms with E-state index in [0.29, 0.717) is 49.7 Å². The summed E-state index contributed by atoms with van der Waals surface area (Å²) >= 11 is 0. The van der Waals surface area contributed by atoms with Gasteiger partial charge in [0.05, 0.1) is 48.8 Å². The van der Waals surface area contributed by atoms with Gasteiger partial charge in [-0.25, -0.2) is 9.59 Å². The topological polar surface area (TPSA) is 276 Å². The van der Waals surface area contributed by atoms with Crippen LogP contribution >= 0.6 is 0 Å². The molecule has 79 heavy (non-hydrogen) atoms. The lowest BCUT2D eigenvalue weighted by atomic mass is 9.44. The molecule has 21 nitrogen and oxygen atoms in total. The van der Waals surface area contributed by atoms with Crippen molar-refractivity contribution in [1.82, 2.24) is 0 Å². The molecular weight excluding hydrogens is 1030 g/mol. The lowest BCUT2D eigenvalue weighted by molar-refractivity contribution is -0.373.